The number of carbonyl (C=O) groups excluding carboxylic acids is 2. The molecule has 6 nitrogen and oxygen atoms in total. The van der Waals surface area contributed by atoms with E-state index in [4.69, 9.17) is 4.42 Å². The Kier molecular flexibility index (Phi) is 4.63. The van der Waals surface area contributed by atoms with Crippen LogP contribution in [0.2, 0.25) is 0 Å². The van der Waals surface area contributed by atoms with Gasteiger partial charge in [-0.1, -0.05) is 39.0 Å². The zero-order valence-electron chi connectivity index (χ0n) is 15.4. The van der Waals surface area contributed by atoms with Crippen LogP contribution in [0.25, 0.3) is 0 Å². The number of amides is 2. The second-order valence-electron chi connectivity index (χ2n) is 7.67. The zero-order valence-corrected chi connectivity index (χ0v) is 15.4. The summed E-state index contributed by atoms with van der Waals surface area (Å²) in [6, 6.07) is 11.0. The van der Waals surface area contributed by atoms with E-state index in [2.05, 4.69) is 0 Å². The highest BCUT2D eigenvalue weighted by Gasteiger charge is 2.54. The summed E-state index contributed by atoms with van der Waals surface area (Å²) in [5.41, 5.74) is 0.0773. The molecule has 0 bridgehead atoms. The average Bonchev–Trinajstić information content (AvgIpc) is 3.22. The lowest BCUT2D eigenvalue weighted by molar-refractivity contribution is -0.132. The van der Waals surface area contributed by atoms with Crippen LogP contribution in [-0.2, 0) is 4.79 Å². The molecular formula is C20H24N2O4. The Morgan fingerprint density at radius 1 is 1.15 bits per heavy atom. The second kappa shape index (κ2) is 6.61. The molecule has 0 saturated carbocycles. The van der Waals surface area contributed by atoms with Gasteiger partial charge >= 0.3 is 0 Å². The van der Waals surface area contributed by atoms with Crippen molar-refractivity contribution in [3.63, 3.8) is 0 Å². The Bertz CT molecular complexity index is 780. The molecule has 1 aromatic carbocycles. The SMILES string of the molecule is CN1C(=O)[C@H]([C@H](O)c2ccco2)N(C(=O)c2ccccc2)[C@H]1C(C)(C)C. The summed E-state index contributed by atoms with van der Waals surface area (Å²) in [4.78, 5) is 29.3. The van der Waals surface area contributed by atoms with Crippen LogP contribution >= 0.6 is 0 Å². The molecule has 3 rings (SSSR count). The van der Waals surface area contributed by atoms with E-state index in [1.54, 1.807) is 43.4 Å². The Morgan fingerprint density at radius 3 is 2.35 bits per heavy atom. The first-order valence-electron chi connectivity index (χ1n) is 8.59. The third kappa shape index (κ3) is 3.01. The Balaban J connectivity index is 2.08. The number of hydrogen-bond donors (Lipinski definition) is 1. The van der Waals surface area contributed by atoms with Gasteiger partial charge < -0.3 is 19.3 Å². The van der Waals surface area contributed by atoms with Gasteiger partial charge in [0.15, 0.2) is 0 Å². The van der Waals surface area contributed by atoms with Crippen molar-refractivity contribution in [2.45, 2.75) is 39.1 Å². The largest absolute Gasteiger partial charge is 0.466 e. The van der Waals surface area contributed by atoms with Crippen LogP contribution in [0.1, 0.15) is 43.0 Å². The van der Waals surface area contributed by atoms with Gasteiger partial charge in [-0.05, 0) is 24.3 Å². The molecule has 2 heterocycles. The summed E-state index contributed by atoms with van der Waals surface area (Å²) in [5, 5.41) is 10.8. The molecular weight excluding hydrogens is 332 g/mol. The number of rotatable bonds is 3. The fraction of sp³-hybridized carbons (Fsp3) is 0.400. The lowest BCUT2D eigenvalue weighted by Crippen LogP contribution is -2.51. The molecule has 2 aromatic rings. The number of benzene rings is 1. The van der Waals surface area contributed by atoms with E-state index in [0.29, 0.717) is 5.56 Å². The van der Waals surface area contributed by atoms with Crippen molar-refractivity contribution in [1.29, 1.82) is 0 Å². The number of carbonyl (C=O) groups is 2. The molecule has 1 fully saturated rings. The van der Waals surface area contributed by atoms with Crippen LogP contribution < -0.4 is 0 Å². The summed E-state index contributed by atoms with van der Waals surface area (Å²) in [6.45, 7) is 5.90. The summed E-state index contributed by atoms with van der Waals surface area (Å²) in [6.07, 6.45) is -0.288. The molecule has 1 N–H and O–H groups in total. The number of hydrogen-bond acceptors (Lipinski definition) is 4. The van der Waals surface area contributed by atoms with Crippen molar-refractivity contribution in [2.75, 3.05) is 7.05 Å². The summed E-state index contributed by atoms with van der Waals surface area (Å²) < 4.78 is 5.29. The van der Waals surface area contributed by atoms with Crippen molar-refractivity contribution in [2.24, 2.45) is 5.41 Å². The van der Waals surface area contributed by atoms with E-state index in [1.165, 1.54) is 16.1 Å². The predicted octanol–water partition coefficient (Wildman–Crippen LogP) is 2.67. The maximum Gasteiger partial charge on any atom is 0.256 e. The van der Waals surface area contributed by atoms with Crippen molar-refractivity contribution >= 4 is 11.8 Å². The minimum atomic E-state index is -1.24. The average molecular weight is 356 g/mol. The molecule has 1 aliphatic heterocycles. The molecule has 1 aliphatic rings. The van der Waals surface area contributed by atoms with Crippen LogP contribution in [0.3, 0.4) is 0 Å². The van der Waals surface area contributed by atoms with Gasteiger partial charge in [0.05, 0.1) is 6.26 Å². The van der Waals surface area contributed by atoms with Crippen LogP contribution in [0.15, 0.2) is 53.1 Å². The van der Waals surface area contributed by atoms with Crippen molar-refractivity contribution in [1.82, 2.24) is 9.80 Å². The van der Waals surface area contributed by atoms with Gasteiger partial charge in [0.1, 0.15) is 24.1 Å². The first-order chi connectivity index (χ1) is 12.2. The highest BCUT2D eigenvalue weighted by Crippen LogP contribution is 2.39. The quantitative estimate of drug-likeness (QED) is 0.918. The lowest BCUT2D eigenvalue weighted by Gasteiger charge is -2.39. The number of aliphatic hydroxyl groups is 1. The maximum atomic E-state index is 13.3. The molecule has 0 radical (unpaired) electrons. The van der Waals surface area contributed by atoms with Gasteiger partial charge in [-0.25, -0.2) is 0 Å². The Hall–Kier alpha value is -2.60. The molecule has 3 atom stereocenters. The second-order valence-corrected chi connectivity index (χ2v) is 7.67. The fourth-order valence-corrected chi connectivity index (χ4v) is 3.65. The predicted molar refractivity (Wildman–Crippen MR) is 96.1 cm³/mol. The fourth-order valence-electron chi connectivity index (χ4n) is 3.65. The number of aliphatic hydroxyl groups excluding tert-OH is 1. The van der Waals surface area contributed by atoms with Gasteiger partial charge in [0, 0.05) is 18.0 Å². The van der Waals surface area contributed by atoms with Crippen LogP contribution in [0.4, 0.5) is 0 Å². The third-order valence-corrected chi connectivity index (χ3v) is 4.69. The molecule has 138 valence electrons. The van der Waals surface area contributed by atoms with Crippen molar-refractivity contribution in [3.8, 4) is 0 Å². The molecule has 0 unspecified atom stereocenters. The molecule has 2 amide bonds. The molecule has 26 heavy (non-hydrogen) atoms. The highest BCUT2D eigenvalue weighted by atomic mass is 16.4. The van der Waals surface area contributed by atoms with Crippen molar-refractivity contribution < 1.29 is 19.1 Å². The first-order valence-corrected chi connectivity index (χ1v) is 8.59. The molecule has 6 heteroatoms. The zero-order chi connectivity index (χ0) is 19.1. The molecule has 0 aliphatic carbocycles. The molecule has 1 aromatic heterocycles. The topological polar surface area (TPSA) is 74.0 Å². The number of likely N-dealkylation sites (N-methyl/N-ethyl adjacent to an activating group) is 1. The summed E-state index contributed by atoms with van der Waals surface area (Å²) in [5.74, 6) is -0.339. The number of furan rings is 1. The van der Waals surface area contributed by atoms with Gasteiger partial charge in [-0.15, -0.1) is 0 Å². The standard InChI is InChI=1S/C20H24N2O4/c1-20(2,3)19-21(4)18(25)15(16(23)14-11-8-12-26-14)22(19)17(24)13-9-6-5-7-10-13/h5-12,15-16,19,23H,1-4H3/t15-,16+,19-/m0/s1. The Labute approximate surface area is 153 Å². The minimum Gasteiger partial charge on any atom is -0.466 e. The van der Waals surface area contributed by atoms with E-state index in [-0.39, 0.29) is 17.6 Å². The van der Waals surface area contributed by atoms with Crippen LogP contribution in [0, 0.1) is 5.41 Å². The molecule has 1 saturated heterocycles. The summed E-state index contributed by atoms with van der Waals surface area (Å²) >= 11 is 0. The third-order valence-electron chi connectivity index (χ3n) is 4.69. The van der Waals surface area contributed by atoms with Gasteiger partial charge in [0.2, 0.25) is 5.91 Å². The first kappa shape index (κ1) is 18.2. The van der Waals surface area contributed by atoms with E-state index < -0.39 is 23.7 Å². The maximum absolute atomic E-state index is 13.3. The van der Waals surface area contributed by atoms with E-state index in [1.807, 2.05) is 26.8 Å². The number of nitrogens with zero attached hydrogens (tertiary/aromatic N) is 2. The van der Waals surface area contributed by atoms with Crippen molar-refractivity contribution in [3.05, 3.63) is 60.1 Å². The normalized spacial score (nSPS) is 22.0. The van der Waals surface area contributed by atoms with Gasteiger partial charge in [0.25, 0.3) is 5.91 Å². The van der Waals surface area contributed by atoms with Crippen LogP contribution in [0.5, 0.6) is 0 Å². The van der Waals surface area contributed by atoms with E-state index in [0.717, 1.165) is 0 Å². The van der Waals surface area contributed by atoms with E-state index >= 15 is 0 Å². The smallest absolute Gasteiger partial charge is 0.256 e. The van der Waals surface area contributed by atoms with Crippen LogP contribution in [-0.4, -0.2) is 46.0 Å². The minimum absolute atomic E-state index is 0.261. The summed E-state index contributed by atoms with van der Waals surface area (Å²) in [7, 11) is 1.67. The Morgan fingerprint density at radius 2 is 1.81 bits per heavy atom. The highest BCUT2D eigenvalue weighted by molar-refractivity contribution is 6.00. The molecule has 0 spiro atoms. The lowest BCUT2D eigenvalue weighted by atomic mass is 9.90. The monoisotopic (exact) mass is 356 g/mol. The van der Waals surface area contributed by atoms with E-state index in [9.17, 15) is 14.7 Å². The van der Waals surface area contributed by atoms with Gasteiger partial charge in [-0.2, -0.15) is 0 Å². The van der Waals surface area contributed by atoms with Gasteiger partial charge in [-0.3, -0.25) is 9.59 Å².